The molecule has 3 atom stereocenters. The number of alkyl halides is 3. The molecule has 0 bridgehead atoms. The van der Waals surface area contributed by atoms with Crippen molar-refractivity contribution in [3.8, 4) is 0 Å². The van der Waals surface area contributed by atoms with Crippen molar-refractivity contribution in [3.63, 3.8) is 0 Å². The van der Waals surface area contributed by atoms with Crippen LogP contribution in [-0.2, 0) is 16.0 Å². The lowest BCUT2D eigenvalue weighted by molar-refractivity contribution is -0.142. The lowest BCUT2D eigenvalue weighted by Crippen LogP contribution is -2.43. The van der Waals surface area contributed by atoms with E-state index in [0.29, 0.717) is 26.0 Å². The number of carbonyl (C=O) groups is 1. The van der Waals surface area contributed by atoms with E-state index in [-0.39, 0.29) is 23.8 Å². The van der Waals surface area contributed by atoms with Gasteiger partial charge >= 0.3 is 6.18 Å². The molecule has 3 heterocycles. The summed E-state index contributed by atoms with van der Waals surface area (Å²) in [5.41, 5.74) is 0. The number of nitrogens with zero attached hydrogens (tertiary/aromatic N) is 3. The molecular weight excluding hydrogens is 327 g/mol. The molecule has 2 fully saturated rings. The van der Waals surface area contributed by atoms with E-state index in [2.05, 4.69) is 10.2 Å². The maximum atomic E-state index is 12.8. The molecule has 24 heavy (non-hydrogen) atoms. The van der Waals surface area contributed by atoms with Gasteiger partial charge in [-0.1, -0.05) is 0 Å². The van der Waals surface area contributed by atoms with E-state index in [1.54, 1.807) is 4.90 Å². The summed E-state index contributed by atoms with van der Waals surface area (Å²) in [5, 5.41) is 7.24. The first-order valence-electron chi connectivity index (χ1n) is 8.16. The maximum Gasteiger partial charge on any atom is 0.397 e. The van der Waals surface area contributed by atoms with Crippen LogP contribution in [-0.4, -0.2) is 46.4 Å². The quantitative estimate of drug-likeness (QED) is 0.841. The number of rotatable bonds is 3. The van der Waals surface area contributed by atoms with Gasteiger partial charge in [0.25, 0.3) is 0 Å². The maximum absolute atomic E-state index is 12.8. The van der Waals surface area contributed by atoms with Crippen LogP contribution >= 0.6 is 0 Å². The minimum Gasteiger partial charge on any atom is -0.423 e. The van der Waals surface area contributed by atoms with Gasteiger partial charge in [0, 0.05) is 13.2 Å². The second-order valence-corrected chi connectivity index (χ2v) is 6.34. The van der Waals surface area contributed by atoms with Gasteiger partial charge in [0.05, 0.1) is 12.0 Å². The van der Waals surface area contributed by atoms with Gasteiger partial charge < -0.3 is 14.1 Å². The fourth-order valence-corrected chi connectivity index (χ4v) is 3.37. The fraction of sp³-hybridized carbons (Fsp3) is 0.800. The lowest BCUT2D eigenvalue weighted by atomic mass is 9.96. The van der Waals surface area contributed by atoms with Crippen LogP contribution in [0.3, 0.4) is 0 Å². The highest BCUT2D eigenvalue weighted by Gasteiger charge is 2.40. The van der Waals surface area contributed by atoms with Crippen molar-refractivity contribution in [2.45, 2.75) is 57.3 Å². The van der Waals surface area contributed by atoms with Gasteiger partial charge in [-0.3, -0.25) is 4.79 Å². The Balaban J connectivity index is 1.76. The molecule has 0 spiro atoms. The largest absolute Gasteiger partial charge is 0.423 e. The third-order valence-electron chi connectivity index (χ3n) is 4.60. The molecular formula is C15H20F3N3O3. The number of piperidine rings is 1. The Morgan fingerprint density at radius 1 is 1.29 bits per heavy atom. The first-order chi connectivity index (χ1) is 11.3. The minimum absolute atomic E-state index is 0.0414. The lowest BCUT2D eigenvalue weighted by Gasteiger charge is -2.35. The number of halogens is 3. The monoisotopic (exact) mass is 347 g/mol. The molecule has 0 N–H and O–H groups in total. The van der Waals surface area contributed by atoms with E-state index < -0.39 is 24.5 Å². The molecule has 3 unspecified atom stereocenters. The Morgan fingerprint density at radius 3 is 2.75 bits per heavy atom. The van der Waals surface area contributed by atoms with Crippen LogP contribution in [0.5, 0.6) is 0 Å². The van der Waals surface area contributed by atoms with Crippen molar-refractivity contribution < 1.29 is 27.1 Å². The Kier molecular flexibility index (Phi) is 4.80. The summed E-state index contributed by atoms with van der Waals surface area (Å²) < 4.78 is 48.0. The zero-order valence-electron chi connectivity index (χ0n) is 13.4. The number of likely N-dealkylation sites (tertiary alicyclic amines) is 1. The van der Waals surface area contributed by atoms with Gasteiger partial charge in [0.1, 0.15) is 12.5 Å². The van der Waals surface area contributed by atoms with Crippen LogP contribution in [0, 0.1) is 5.92 Å². The molecule has 2 aliphatic heterocycles. The number of hydrogen-bond acceptors (Lipinski definition) is 5. The summed E-state index contributed by atoms with van der Waals surface area (Å²) in [6.45, 7) is 2.96. The number of carbonyl (C=O) groups excluding carboxylic acids is 1. The Labute approximate surface area is 137 Å². The van der Waals surface area contributed by atoms with Crippen molar-refractivity contribution in [2.75, 3.05) is 13.2 Å². The van der Waals surface area contributed by atoms with E-state index in [4.69, 9.17) is 9.15 Å². The zero-order chi connectivity index (χ0) is 17.3. The van der Waals surface area contributed by atoms with Gasteiger partial charge in [0.15, 0.2) is 0 Å². The van der Waals surface area contributed by atoms with E-state index in [1.165, 1.54) is 0 Å². The normalized spacial score (nSPS) is 28.3. The highest BCUT2D eigenvalue weighted by molar-refractivity contribution is 5.80. The first-order valence-corrected chi connectivity index (χ1v) is 8.16. The van der Waals surface area contributed by atoms with Gasteiger partial charge in [-0.15, -0.1) is 10.2 Å². The average Bonchev–Trinajstić information content (AvgIpc) is 3.14. The third-order valence-corrected chi connectivity index (χ3v) is 4.60. The smallest absolute Gasteiger partial charge is 0.397 e. The summed E-state index contributed by atoms with van der Waals surface area (Å²) in [4.78, 5) is 14.5. The molecule has 3 rings (SSSR count). The van der Waals surface area contributed by atoms with Crippen molar-refractivity contribution in [3.05, 3.63) is 11.8 Å². The Hall–Kier alpha value is -1.64. The van der Waals surface area contributed by atoms with Crippen molar-refractivity contribution in [2.24, 2.45) is 5.92 Å². The van der Waals surface area contributed by atoms with Gasteiger partial charge in [-0.2, -0.15) is 13.2 Å². The predicted octanol–water partition coefficient (Wildman–Crippen LogP) is 2.65. The fourth-order valence-electron chi connectivity index (χ4n) is 3.37. The van der Waals surface area contributed by atoms with Gasteiger partial charge in [-0.25, -0.2) is 0 Å². The zero-order valence-corrected chi connectivity index (χ0v) is 13.4. The summed E-state index contributed by atoms with van der Waals surface area (Å²) in [6.07, 6.45) is -2.82. The molecule has 2 aliphatic rings. The summed E-state index contributed by atoms with van der Waals surface area (Å²) in [5.74, 6) is -0.634. The minimum atomic E-state index is -4.40. The highest BCUT2D eigenvalue weighted by Crippen LogP contribution is 2.34. The first kappa shape index (κ1) is 17.2. The Morgan fingerprint density at radius 2 is 2.08 bits per heavy atom. The Bertz CT molecular complexity index is 590. The number of hydrogen-bond donors (Lipinski definition) is 0. The number of ether oxygens (including phenoxy) is 1. The van der Waals surface area contributed by atoms with Crippen molar-refractivity contribution in [1.82, 2.24) is 15.1 Å². The predicted molar refractivity (Wildman–Crippen MR) is 75.9 cm³/mol. The number of amides is 1. The summed E-state index contributed by atoms with van der Waals surface area (Å²) in [7, 11) is 0. The standard InChI is InChI=1S/C15H20F3N3O3/c1-9-10(5-7-23-9)14(22)21-6-3-2-4-11(21)13-20-19-12(24-13)8-15(16,17)18/h9-11H,2-8H2,1H3. The van der Waals surface area contributed by atoms with Crippen molar-refractivity contribution >= 4 is 5.91 Å². The number of aromatic nitrogens is 2. The van der Waals surface area contributed by atoms with E-state index in [9.17, 15) is 18.0 Å². The molecule has 1 aromatic rings. The molecule has 1 amide bonds. The highest BCUT2D eigenvalue weighted by atomic mass is 19.4. The molecule has 9 heteroatoms. The second kappa shape index (κ2) is 6.70. The third kappa shape index (κ3) is 3.71. The second-order valence-electron chi connectivity index (χ2n) is 6.34. The van der Waals surface area contributed by atoms with E-state index in [1.807, 2.05) is 6.92 Å². The van der Waals surface area contributed by atoms with Crippen LogP contribution < -0.4 is 0 Å². The molecule has 0 aromatic carbocycles. The van der Waals surface area contributed by atoms with Crippen LogP contribution in [0.25, 0.3) is 0 Å². The SMILES string of the molecule is CC1OCCC1C(=O)N1CCCCC1c1nnc(CC(F)(F)F)o1. The molecule has 134 valence electrons. The molecule has 0 aliphatic carbocycles. The molecule has 2 saturated heterocycles. The van der Waals surface area contributed by atoms with Crippen LogP contribution in [0.15, 0.2) is 4.42 Å². The van der Waals surface area contributed by atoms with Crippen molar-refractivity contribution in [1.29, 1.82) is 0 Å². The topological polar surface area (TPSA) is 68.5 Å². The summed E-state index contributed by atoms with van der Waals surface area (Å²) in [6, 6.07) is -0.450. The molecule has 0 radical (unpaired) electrons. The molecule has 0 saturated carbocycles. The van der Waals surface area contributed by atoms with Crippen LogP contribution in [0.1, 0.15) is 50.4 Å². The van der Waals surface area contributed by atoms with Gasteiger partial charge in [-0.05, 0) is 32.6 Å². The van der Waals surface area contributed by atoms with Gasteiger partial charge in [0.2, 0.25) is 17.7 Å². The molecule has 1 aromatic heterocycles. The van der Waals surface area contributed by atoms with E-state index >= 15 is 0 Å². The van der Waals surface area contributed by atoms with E-state index in [0.717, 1.165) is 12.8 Å². The van der Waals surface area contributed by atoms with Crippen LogP contribution in [0.2, 0.25) is 0 Å². The molecule has 6 nitrogen and oxygen atoms in total. The average molecular weight is 347 g/mol. The summed E-state index contributed by atoms with van der Waals surface area (Å²) >= 11 is 0. The van der Waals surface area contributed by atoms with Crippen LogP contribution in [0.4, 0.5) is 13.2 Å².